The van der Waals surface area contributed by atoms with E-state index in [4.69, 9.17) is 0 Å². The first-order chi connectivity index (χ1) is 6.83. The van der Waals surface area contributed by atoms with E-state index >= 15 is 0 Å². The number of ether oxygens (including phenoxy) is 1. The van der Waals surface area contributed by atoms with Crippen molar-refractivity contribution in [1.82, 2.24) is 0 Å². The molecule has 0 aliphatic heterocycles. The zero-order valence-electron chi connectivity index (χ0n) is 8.79. The van der Waals surface area contributed by atoms with Gasteiger partial charge < -0.3 is 4.74 Å². The monoisotopic (exact) mass is 194 g/mol. The largest absolute Gasteiger partial charge is 0.466 e. The Labute approximate surface area is 85.6 Å². The van der Waals surface area contributed by atoms with E-state index in [2.05, 4.69) is 10.8 Å². The highest BCUT2D eigenvalue weighted by Gasteiger charge is 2.01. The molecule has 0 amide bonds. The van der Waals surface area contributed by atoms with Crippen LogP contribution in [0.15, 0.2) is 23.8 Å². The fourth-order valence-electron chi connectivity index (χ4n) is 1.65. The molecule has 2 nitrogen and oxygen atoms in total. The van der Waals surface area contributed by atoms with Gasteiger partial charge in [-0.2, -0.15) is 0 Å². The second-order valence-electron chi connectivity index (χ2n) is 3.57. The maximum absolute atomic E-state index is 10.7. The summed E-state index contributed by atoms with van der Waals surface area (Å²) >= 11 is 0. The molecular formula is C12H18O2. The Bertz CT molecular complexity index is 239. The minimum absolute atomic E-state index is 0.261. The van der Waals surface area contributed by atoms with Gasteiger partial charge in [0.15, 0.2) is 0 Å². The van der Waals surface area contributed by atoms with Crippen LogP contribution in [-0.4, -0.2) is 13.1 Å². The van der Waals surface area contributed by atoms with Crippen LogP contribution in [-0.2, 0) is 9.53 Å². The van der Waals surface area contributed by atoms with E-state index in [0.717, 1.165) is 12.8 Å². The average molecular weight is 194 g/mol. The number of esters is 1. The molecule has 1 rings (SSSR count). The molecule has 0 fully saturated rings. The highest BCUT2D eigenvalue weighted by Crippen LogP contribution is 2.21. The first-order valence-corrected chi connectivity index (χ1v) is 5.25. The summed E-state index contributed by atoms with van der Waals surface area (Å²) in [5, 5.41) is 0. The number of hydrogen-bond donors (Lipinski definition) is 0. The molecule has 0 saturated carbocycles. The lowest BCUT2D eigenvalue weighted by Gasteiger charge is -2.10. The van der Waals surface area contributed by atoms with Crippen LogP contribution < -0.4 is 0 Å². The second-order valence-corrected chi connectivity index (χ2v) is 3.57. The number of hydrogen-bond acceptors (Lipinski definition) is 2. The lowest BCUT2D eigenvalue weighted by Crippen LogP contribution is -1.94. The van der Waals surface area contributed by atoms with Crippen molar-refractivity contribution in [2.75, 3.05) is 7.11 Å². The highest BCUT2D eigenvalue weighted by atomic mass is 16.5. The van der Waals surface area contributed by atoms with Gasteiger partial charge in [0, 0.05) is 6.08 Å². The predicted octanol–water partition coefficient (Wildman–Crippen LogP) is 3.00. The topological polar surface area (TPSA) is 26.3 Å². The van der Waals surface area contributed by atoms with E-state index in [9.17, 15) is 4.79 Å². The van der Waals surface area contributed by atoms with E-state index < -0.39 is 0 Å². The zero-order chi connectivity index (χ0) is 10.2. The highest BCUT2D eigenvalue weighted by molar-refractivity contribution is 5.81. The van der Waals surface area contributed by atoms with Crippen molar-refractivity contribution in [1.29, 1.82) is 0 Å². The van der Waals surface area contributed by atoms with Crippen LogP contribution in [0.25, 0.3) is 0 Å². The summed E-state index contributed by atoms with van der Waals surface area (Å²) in [7, 11) is 1.40. The molecule has 0 aromatic rings. The van der Waals surface area contributed by atoms with Gasteiger partial charge in [0.2, 0.25) is 0 Å². The predicted molar refractivity (Wildman–Crippen MR) is 56.9 cm³/mol. The molecule has 0 atom stereocenters. The number of rotatable bonds is 4. The molecule has 0 unspecified atom stereocenters. The molecule has 78 valence electrons. The zero-order valence-corrected chi connectivity index (χ0v) is 8.79. The lowest BCUT2D eigenvalue weighted by molar-refractivity contribution is -0.134. The summed E-state index contributed by atoms with van der Waals surface area (Å²) in [6.45, 7) is 0. The summed E-state index contributed by atoms with van der Waals surface area (Å²) in [6, 6.07) is 0. The molecule has 0 bridgehead atoms. The van der Waals surface area contributed by atoms with Crippen LogP contribution in [0.2, 0.25) is 0 Å². The number of carbonyl (C=O) groups excluding carboxylic acids is 1. The van der Waals surface area contributed by atoms with Gasteiger partial charge in [0.25, 0.3) is 0 Å². The summed E-state index contributed by atoms with van der Waals surface area (Å²) in [6.07, 6.45) is 12.9. The molecule has 14 heavy (non-hydrogen) atoms. The normalized spacial score (nSPS) is 16.8. The Morgan fingerprint density at radius 2 is 2.43 bits per heavy atom. The standard InChI is InChI=1S/C12H18O2/c1-14-12(13)10-6-5-9-11-7-3-2-4-8-11/h6-7,10H,2-5,8-9H2,1H3. The number of allylic oxidation sites excluding steroid dienone is 3. The molecular weight excluding hydrogens is 176 g/mol. The fourth-order valence-corrected chi connectivity index (χ4v) is 1.65. The van der Waals surface area contributed by atoms with Crippen molar-refractivity contribution >= 4 is 5.97 Å². The molecule has 1 aliphatic carbocycles. The van der Waals surface area contributed by atoms with Gasteiger partial charge in [-0.15, -0.1) is 0 Å². The van der Waals surface area contributed by atoms with E-state index in [1.165, 1.54) is 38.9 Å². The SMILES string of the molecule is COC(=O)C=CCCC1=CCCCC1. The maximum atomic E-state index is 10.7. The van der Waals surface area contributed by atoms with E-state index in [1.54, 1.807) is 5.57 Å². The van der Waals surface area contributed by atoms with E-state index in [1.807, 2.05) is 6.08 Å². The third-order valence-electron chi connectivity index (χ3n) is 2.47. The molecule has 0 aromatic heterocycles. The summed E-state index contributed by atoms with van der Waals surface area (Å²) in [4.78, 5) is 10.7. The van der Waals surface area contributed by atoms with Gasteiger partial charge in [-0.1, -0.05) is 17.7 Å². The second kappa shape index (κ2) is 6.41. The Balaban J connectivity index is 2.17. The molecule has 0 radical (unpaired) electrons. The first kappa shape index (κ1) is 11.0. The van der Waals surface area contributed by atoms with Gasteiger partial charge in [-0.3, -0.25) is 0 Å². The Hall–Kier alpha value is -1.05. The molecule has 2 heteroatoms. The van der Waals surface area contributed by atoms with Crippen LogP contribution in [0.3, 0.4) is 0 Å². The Morgan fingerprint density at radius 3 is 3.07 bits per heavy atom. The van der Waals surface area contributed by atoms with Crippen LogP contribution in [0.1, 0.15) is 38.5 Å². The van der Waals surface area contributed by atoms with Crippen LogP contribution in [0.5, 0.6) is 0 Å². The van der Waals surface area contributed by atoms with Gasteiger partial charge >= 0.3 is 5.97 Å². The molecule has 0 saturated heterocycles. The van der Waals surface area contributed by atoms with Crippen molar-refractivity contribution in [3.8, 4) is 0 Å². The molecule has 0 heterocycles. The molecule has 0 N–H and O–H groups in total. The van der Waals surface area contributed by atoms with Crippen molar-refractivity contribution in [2.45, 2.75) is 38.5 Å². The molecule has 0 spiro atoms. The quantitative estimate of drug-likeness (QED) is 0.390. The van der Waals surface area contributed by atoms with Crippen LogP contribution in [0.4, 0.5) is 0 Å². The van der Waals surface area contributed by atoms with Gasteiger partial charge in [-0.25, -0.2) is 4.79 Å². The number of methoxy groups -OCH3 is 1. The first-order valence-electron chi connectivity index (χ1n) is 5.25. The van der Waals surface area contributed by atoms with Crippen LogP contribution in [0, 0.1) is 0 Å². The number of carbonyl (C=O) groups is 1. The minimum atomic E-state index is -0.261. The van der Waals surface area contributed by atoms with Crippen LogP contribution >= 0.6 is 0 Å². The van der Waals surface area contributed by atoms with Gasteiger partial charge in [0.1, 0.15) is 0 Å². The van der Waals surface area contributed by atoms with Crippen molar-refractivity contribution in [2.24, 2.45) is 0 Å². The smallest absolute Gasteiger partial charge is 0.330 e. The molecule has 0 aromatic carbocycles. The third-order valence-corrected chi connectivity index (χ3v) is 2.47. The maximum Gasteiger partial charge on any atom is 0.330 e. The Kier molecular flexibility index (Phi) is 5.05. The van der Waals surface area contributed by atoms with Crippen molar-refractivity contribution in [3.05, 3.63) is 23.8 Å². The fraction of sp³-hybridized carbons (Fsp3) is 0.583. The van der Waals surface area contributed by atoms with Gasteiger partial charge in [0.05, 0.1) is 7.11 Å². The lowest BCUT2D eigenvalue weighted by atomic mass is 9.96. The molecule has 1 aliphatic rings. The summed E-state index contributed by atoms with van der Waals surface area (Å²) < 4.78 is 4.50. The van der Waals surface area contributed by atoms with E-state index in [-0.39, 0.29) is 5.97 Å². The van der Waals surface area contributed by atoms with Gasteiger partial charge in [-0.05, 0) is 38.5 Å². The Morgan fingerprint density at radius 1 is 1.57 bits per heavy atom. The van der Waals surface area contributed by atoms with Crippen molar-refractivity contribution < 1.29 is 9.53 Å². The third kappa shape index (κ3) is 4.26. The van der Waals surface area contributed by atoms with E-state index in [0.29, 0.717) is 0 Å². The minimum Gasteiger partial charge on any atom is -0.466 e. The summed E-state index contributed by atoms with van der Waals surface area (Å²) in [5.41, 5.74) is 1.55. The van der Waals surface area contributed by atoms with Crippen molar-refractivity contribution in [3.63, 3.8) is 0 Å². The summed E-state index contributed by atoms with van der Waals surface area (Å²) in [5.74, 6) is -0.261. The average Bonchev–Trinajstić information content (AvgIpc) is 2.25.